The van der Waals surface area contributed by atoms with Crippen molar-refractivity contribution in [1.29, 1.82) is 0 Å². The fourth-order valence-corrected chi connectivity index (χ4v) is 2.17. The molecule has 12 heteroatoms. The van der Waals surface area contributed by atoms with Crippen LogP contribution < -0.4 is 16.2 Å². The van der Waals surface area contributed by atoms with E-state index < -0.39 is 28.2 Å². The molecule has 0 unspecified atom stereocenters. The molecule has 0 bridgehead atoms. The summed E-state index contributed by atoms with van der Waals surface area (Å²) in [7, 11) is 0. The lowest BCUT2D eigenvalue weighted by atomic mass is 10.1. The third-order valence-electron chi connectivity index (χ3n) is 3.01. The topological polar surface area (TPSA) is 79.2 Å². The van der Waals surface area contributed by atoms with Gasteiger partial charge in [0.15, 0.2) is 5.11 Å². The molecule has 0 heterocycles. The van der Waals surface area contributed by atoms with Gasteiger partial charge < -0.3 is 5.32 Å². The Morgan fingerprint density at radius 2 is 1.88 bits per heavy atom. The second kappa shape index (κ2) is 7.70. The van der Waals surface area contributed by atoms with Crippen LogP contribution in [-0.4, -0.2) is 10.0 Å². The molecule has 0 amide bonds. The average molecular weight is 409 g/mol. The molecule has 2 aromatic carbocycles. The first-order valence-corrected chi connectivity index (χ1v) is 7.50. The maximum absolute atomic E-state index is 13.1. The van der Waals surface area contributed by atoms with Crippen LogP contribution >= 0.6 is 23.8 Å². The quantitative estimate of drug-likeness (QED) is 0.294. The molecule has 0 saturated carbocycles. The summed E-state index contributed by atoms with van der Waals surface area (Å²) in [5, 5.41) is 13.4. The second-order valence-corrected chi connectivity index (χ2v) is 5.64. The molecular formula is C14H9ClF4N4O2S. The highest BCUT2D eigenvalue weighted by molar-refractivity contribution is 7.80. The highest BCUT2D eigenvalue weighted by atomic mass is 35.5. The molecule has 138 valence electrons. The van der Waals surface area contributed by atoms with E-state index >= 15 is 0 Å². The summed E-state index contributed by atoms with van der Waals surface area (Å²) in [5.41, 5.74) is 2.88. The number of thiocarbonyl (C=S) groups is 1. The standard InChI is InChI=1S/C14H9ClF4N4O2S/c15-9-6-8(2-3-10(9)16)20-13(26)22-21-11-4-1-7(14(17,18)19)5-12(11)23(24)25/h1-6,21H,(H2,20,22,26). The number of benzene rings is 2. The first-order valence-electron chi connectivity index (χ1n) is 6.71. The van der Waals surface area contributed by atoms with Crippen molar-refractivity contribution in [1.82, 2.24) is 5.43 Å². The van der Waals surface area contributed by atoms with Gasteiger partial charge in [-0.2, -0.15) is 13.2 Å². The Balaban J connectivity index is 2.09. The van der Waals surface area contributed by atoms with Crippen molar-refractivity contribution >= 4 is 46.0 Å². The number of halogens is 5. The Hall–Kier alpha value is -2.66. The Labute approximate surface area is 154 Å². The molecule has 0 aliphatic heterocycles. The molecule has 0 spiro atoms. The molecule has 3 N–H and O–H groups in total. The lowest BCUT2D eigenvalue weighted by molar-refractivity contribution is -0.384. The van der Waals surface area contributed by atoms with E-state index in [-0.39, 0.29) is 15.8 Å². The summed E-state index contributed by atoms with van der Waals surface area (Å²) in [6, 6.07) is 5.68. The maximum atomic E-state index is 13.1. The van der Waals surface area contributed by atoms with Crippen LogP contribution in [0.15, 0.2) is 36.4 Å². The van der Waals surface area contributed by atoms with Crippen LogP contribution in [0.3, 0.4) is 0 Å². The van der Waals surface area contributed by atoms with Gasteiger partial charge in [0.05, 0.1) is 15.5 Å². The van der Waals surface area contributed by atoms with Gasteiger partial charge in [-0.3, -0.25) is 21.0 Å². The van der Waals surface area contributed by atoms with E-state index in [0.717, 1.165) is 12.1 Å². The third-order valence-corrected chi connectivity index (χ3v) is 3.50. The summed E-state index contributed by atoms with van der Waals surface area (Å²) < 4.78 is 51.0. The zero-order chi connectivity index (χ0) is 19.5. The highest BCUT2D eigenvalue weighted by Crippen LogP contribution is 2.34. The van der Waals surface area contributed by atoms with E-state index in [9.17, 15) is 27.7 Å². The van der Waals surface area contributed by atoms with Crippen LogP contribution in [0.25, 0.3) is 0 Å². The number of nitrogens with one attached hydrogen (secondary N) is 3. The zero-order valence-electron chi connectivity index (χ0n) is 12.5. The molecule has 0 aromatic heterocycles. The summed E-state index contributed by atoms with van der Waals surface area (Å²) in [6.07, 6.45) is -4.71. The molecule has 0 aliphatic rings. The maximum Gasteiger partial charge on any atom is 0.416 e. The fraction of sp³-hybridized carbons (Fsp3) is 0.0714. The van der Waals surface area contributed by atoms with Crippen LogP contribution in [0.5, 0.6) is 0 Å². The van der Waals surface area contributed by atoms with Crippen molar-refractivity contribution in [3.63, 3.8) is 0 Å². The number of nitro benzene ring substituents is 1. The molecule has 0 radical (unpaired) electrons. The van der Waals surface area contributed by atoms with Gasteiger partial charge in [0, 0.05) is 11.8 Å². The van der Waals surface area contributed by atoms with Gasteiger partial charge in [-0.25, -0.2) is 4.39 Å². The monoisotopic (exact) mass is 408 g/mol. The van der Waals surface area contributed by atoms with Crippen LogP contribution in [0.2, 0.25) is 5.02 Å². The van der Waals surface area contributed by atoms with Crippen molar-refractivity contribution in [2.45, 2.75) is 6.18 Å². The third kappa shape index (κ3) is 4.92. The van der Waals surface area contributed by atoms with Gasteiger partial charge in [0.2, 0.25) is 0 Å². The van der Waals surface area contributed by atoms with Crippen molar-refractivity contribution in [3.8, 4) is 0 Å². The Morgan fingerprint density at radius 1 is 1.19 bits per heavy atom. The SMILES string of the molecule is O=[N+]([O-])c1cc(C(F)(F)F)ccc1NNC(=S)Nc1ccc(F)c(Cl)c1. The number of nitro groups is 1. The van der Waals surface area contributed by atoms with Gasteiger partial charge in [-0.05, 0) is 42.5 Å². The fourth-order valence-electron chi connectivity index (χ4n) is 1.83. The molecule has 0 aliphatic carbocycles. The largest absolute Gasteiger partial charge is 0.416 e. The normalized spacial score (nSPS) is 11.0. The van der Waals surface area contributed by atoms with Crippen molar-refractivity contribution < 1.29 is 22.5 Å². The number of rotatable bonds is 4. The Morgan fingerprint density at radius 3 is 2.46 bits per heavy atom. The van der Waals surface area contributed by atoms with E-state index in [4.69, 9.17) is 23.8 Å². The first-order chi connectivity index (χ1) is 12.1. The van der Waals surface area contributed by atoms with Gasteiger partial charge >= 0.3 is 6.18 Å². The second-order valence-electron chi connectivity index (χ2n) is 4.82. The highest BCUT2D eigenvalue weighted by Gasteiger charge is 2.33. The smallest absolute Gasteiger partial charge is 0.331 e. The predicted molar refractivity (Wildman–Crippen MR) is 92.5 cm³/mol. The summed E-state index contributed by atoms with van der Waals surface area (Å²) >= 11 is 10.6. The molecule has 2 rings (SSSR count). The number of hydrazine groups is 1. The van der Waals surface area contributed by atoms with E-state index in [1.54, 1.807) is 0 Å². The number of nitrogens with zero attached hydrogens (tertiary/aromatic N) is 1. The Kier molecular flexibility index (Phi) is 5.83. The van der Waals surface area contributed by atoms with E-state index in [1.807, 2.05) is 0 Å². The average Bonchev–Trinajstić information content (AvgIpc) is 2.55. The van der Waals surface area contributed by atoms with E-state index in [0.29, 0.717) is 17.8 Å². The number of hydrogen-bond donors (Lipinski definition) is 3. The van der Waals surface area contributed by atoms with Gasteiger partial charge in [-0.1, -0.05) is 11.6 Å². The summed E-state index contributed by atoms with van der Waals surface area (Å²) in [6.45, 7) is 0. The first kappa shape index (κ1) is 19.7. The van der Waals surface area contributed by atoms with Crippen LogP contribution in [-0.2, 0) is 6.18 Å². The van der Waals surface area contributed by atoms with Crippen molar-refractivity contribution in [3.05, 3.63) is 62.9 Å². The number of hydrogen-bond acceptors (Lipinski definition) is 4. The molecule has 0 saturated heterocycles. The molecular weight excluding hydrogens is 400 g/mol. The van der Waals surface area contributed by atoms with Crippen molar-refractivity contribution in [2.75, 3.05) is 10.7 Å². The lowest BCUT2D eigenvalue weighted by Crippen LogP contribution is -2.33. The van der Waals surface area contributed by atoms with Gasteiger partial charge in [-0.15, -0.1) is 0 Å². The zero-order valence-corrected chi connectivity index (χ0v) is 14.1. The molecule has 2 aromatic rings. The minimum Gasteiger partial charge on any atom is -0.331 e. The summed E-state index contributed by atoms with van der Waals surface area (Å²) in [5.74, 6) is -0.630. The van der Waals surface area contributed by atoms with Crippen LogP contribution in [0.4, 0.5) is 34.6 Å². The predicted octanol–water partition coefficient (Wildman–Crippen LogP) is 4.72. The van der Waals surface area contributed by atoms with Crippen LogP contribution in [0.1, 0.15) is 5.56 Å². The number of alkyl halides is 3. The van der Waals surface area contributed by atoms with Crippen molar-refractivity contribution in [2.24, 2.45) is 0 Å². The minimum absolute atomic E-state index is 0.0816. The molecule has 6 nitrogen and oxygen atoms in total. The van der Waals surface area contributed by atoms with E-state index in [1.165, 1.54) is 12.1 Å². The lowest BCUT2D eigenvalue weighted by Gasteiger charge is -2.14. The van der Waals surface area contributed by atoms with Gasteiger partial charge in [0.25, 0.3) is 5.69 Å². The molecule has 26 heavy (non-hydrogen) atoms. The molecule has 0 atom stereocenters. The Bertz CT molecular complexity index is 863. The summed E-state index contributed by atoms with van der Waals surface area (Å²) in [4.78, 5) is 10.0. The minimum atomic E-state index is -4.71. The number of anilines is 2. The van der Waals surface area contributed by atoms with Gasteiger partial charge in [0.1, 0.15) is 11.5 Å². The van der Waals surface area contributed by atoms with E-state index in [2.05, 4.69) is 16.2 Å². The van der Waals surface area contributed by atoms with Crippen LogP contribution in [0, 0.1) is 15.9 Å². The molecule has 0 fully saturated rings.